The smallest absolute Gasteiger partial charge is 0.133 e. The van der Waals surface area contributed by atoms with Crippen molar-refractivity contribution in [3.05, 3.63) is 17.6 Å². The molecule has 21 heavy (non-hydrogen) atoms. The second-order valence-corrected chi connectivity index (χ2v) is 6.77. The lowest BCUT2D eigenvalue weighted by Crippen LogP contribution is -2.31. The molecule has 3 rings (SSSR count). The molecule has 1 atom stereocenters. The van der Waals surface area contributed by atoms with Gasteiger partial charge in [-0.3, -0.25) is 0 Å². The molecule has 1 unspecified atom stereocenters. The van der Waals surface area contributed by atoms with Gasteiger partial charge in [0.2, 0.25) is 0 Å². The number of aryl methyl sites for hydroxylation is 1. The fraction of sp³-hybridized carbons (Fsp3) is 0.778. The van der Waals surface area contributed by atoms with Crippen LogP contribution in [0.1, 0.15) is 76.0 Å². The standard InChI is InChI=1S/C18H29N3/c1-2-16(14-9-5-3-6-10-14)21-18-15-11-7-4-8-12-17(15)19-13-20-18/h13-14,16H,2-12H2,1H3,(H,19,20,21). The molecule has 0 radical (unpaired) electrons. The molecule has 2 aliphatic rings. The van der Waals surface area contributed by atoms with Crippen molar-refractivity contribution in [2.75, 3.05) is 5.32 Å². The number of hydrogen-bond donors (Lipinski definition) is 1. The molecule has 0 aromatic carbocycles. The summed E-state index contributed by atoms with van der Waals surface area (Å²) in [4.78, 5) is 9.13. The molecular formula is C18H29N3. The molecule has 116 valence electrons. The average molecular weight is 287 g/mol. The third-order valence-corrected chi connectivity index (χ3v) is 5.36. The average Bonchev–Trinajstić information content (AvgIpc) is 2.79. The molecule has 0 spiro atoms. The number of nitrogens with zero attached hydrogens (tertiary/aromatic N) is 2. The van der Waals surface area contributed by atoms with Gasteiger partial charge in [-0.1, -0.05) is 32.6 Å². The highest BCUT2D eigenvalue weighted by molar-refractivity contribution is 5.47. The quantitative estimate of drug-likeness (QED) is 0.828. The molecule has 1 saturated carbocycles. The Labute approximate surface area is 129 Å². The minimum absolute atomic E-state index is 0.590. The minimum atomic E-state index is 0.590. The second kappa shape index (κ2) is 7.24. The van der Waals surface area contributed by atoms with Crippen molar-refractivity contribution >= 4 is 5.82 Å². The summed E-state index contributed by atoms with van der Waals surface area (Å²) in [5.74, 6) is 1.97. The van der Waals surface area contributed by atoms with Crippen LogP contribution in [-0.2, 0) is 12.8 Å². The molecule has 0 bridgehead atoms. The van der Waals surface area contributed by atoms with E-state index in [1.165, 1.54) is 69.0 Å². The van der Waals surface area contributed by atoms with Crippen LogP contribution in [0, 0.1) is 5.92 Å². The summed E-state index contributed by atoms with van der Waals surface area (Å²) in [6.07, 6.45) is 16.2. The van der Waals surface area contributed by atoms with Gasteiger partial charge in [-0.15, -0.1) is 0 Å². The zero-order chi connectivity index (χ0) is 14.5. The molecule has 1 heterocycles. The number of anilines is 1. The van der Waals surface area contributed by atoms with Gasteiger partial charge < -0.3 is 5.32 Å². The van der Waals surface area contributed by atoms with Gasteiger partial charge in [-0.05, 0) is 50.9 Å². The highest BCUT2D eigenvalue weighted by atomic mass is 15.0. The van der Waals surface area contributed by atoms with Crippen LogP contribution in [0.4, 0.5) is 5.82 Å². The molecule has 3 heteroatoms. The van der Waals surface area contributed by atoms with E-state index in [4.69, 9.17) is 0 Å². The maximum Gasteiger partial charge on any atom is 0.133 e. The fourth-order valence-corrected chi connectivity index (χ4v) is 4.09. The van der Waals surface area contributed by atoms with E-state index < -0.39 is 0 Å². The third-order valence-electron chi connectivity index (χ3n) is 5.36. The second-order valence-electron chi connectivity index (χ2n) is 6.77. The molecule has 0 aliphatic heterocycles. The van der Waals surface area contributed by atoms with Gasteiger partial charge in [0.15, 0.2) is 0 Å². The van der Waals surface area contributed by atoms with Crippen molar-refractivity contribution in [3.63, 3.8) is 0 Å². The van der Waals surface area contributed by atoms with Crippen LogP contribution in [0.3, 0.4) is 0 Å². The SMILES string of the molecule is CCC(Nc1ncnc2c1CCCCC2)C1CCCCC1. The van der Waals surface area contributed by atoms with Gasteiger partial charge >= 0.3 is 0 Å². The molecule has 0 saturated heterocycles. The molecule has 1 aromatic rings. The molecular weight excluding hydrogens is 258 g/mol. The van der Waals surface area contributed by atoms with Gasteiger partial charge in [0, 0.05) is 17.3 Å². The van der Waals surface area contributed by atoms with Crippen molar-refractivity contribution in [2.45, 2.75) is 83.6 Å². The fourth-order valence-electron chi connectivity index (χ4n) is 4.09. The van der Waals surface area contributed by atoms with E-state index in [9.17, 15) is 0 Å². The van der Waals surface area contributed by atoms with Gasteiger partial charge in [-0.25, -0.2) is 9.97 Å². The molecule has 0 amide bonds. The van der Waals surface area contributed by atoms with E-state index in [1.54, 1.807) is 6.33 Å². The Morgan fingerprint density at radius 2 is 1.81 bits per heavy atom. The van der Waals surface area contributed by atoms with Crippen LogP contribution >= 0.6 is 0 Å². The summed E-state index contributed by atoms with van der Waals surface area (Å²) in [5.41, 5.74) is 2.70. The Morgan fingerprint density at radius 1 is 1.05 bits per heavy atom. The van der Waals surface area contributed by atoms with Gasteiger partial charge in [0.05, 0.1) is 0 Å². The summed E-state index contributed by atoms with van der Waals surface area (Å²) in [5, 5.41) is 3.80. The Kier molecular flexibility index (Phi) is 5.10. The van der Waals surface area contributed by atoms with Crippen LogP contribution in [0.25, 0.3) is 0 Å². The van der Waals surface area contributed by atoms with E-state index >= 15 is 0 Å². The van der Waals surface area contributed by atoms with Crippen molar-refractivity contribution in [3.8, 4) is 0 Å². The molecule has 3 nitrogen and oxygen atoms in total. The first-order chi connectivity index (χ1) is 10.4. The first-order valence-corrected chi connectivity index (χ1v) is 8.97. The zero-order valence-corrected chi connectivity index (χ0v) is 13.4. The summed E-state index contributed by atoms with van der Waals surface area (Å²) >= 11 is 0. The zero-order valence-electron chi connectivity index (χ0n) is 13.4. The van der Waals surface area contributed by atoms with Crippen LogP contribution in [0.5, 0.6) is 0 Å². The van der Waals surface area contributed by atoms with Crippen molar-refractivity contribution in [1.82, 2.24) is 9.97 Å². The van der Waals surface area contributed by atoms with E-state index in [1.807, 2.05) is 0 Å². The number of nitrogens with one attached hydrogen (secondary N) is 1. The first-order valence-electron chi connectivity index (χ1n) is 8.97. The predicted molar refractivity (Wildman–Crippen MR) is 87.6 cm³/mol. The van der Waals surface area contributed by atoms with Crippen molar-refractivity contribution < 1.29 is 0 Å². The lowest BCUT2D eigenvalue weighted by molar-refractivity contribution is 0.312. The Hall–Kier alpha value is -1.12. The lowest BCUT2D eigenvalue weighted by atomic mass is 9.83. The highest BCUT2D eigenvalue weighted by Crippen LogP contribution is 2.31. The maximum absolute atomic E-state index is 4.59. The predicted octanol–water partition coefficient (Wildman–Crippen LogP) is 4.52. The lowest BCUT2D eigenvalue weighted by Gasteiger charge is -2.31. The molecule has 2 aliphatic carbocycles. The van der Waals surface area contributed by atoms with Gasteiger partial charge in [-0.2, -0.15) is 0 Å². The van der Waals surface area contributed by atoms with Gasteiger partial charge in [0.25, 0.3) is 0 Å². The normalized spacial score (nSPS) is 21.4. The monoisotopic (exact) mass is 287 g/mol. The Bertz CT molecular complexity index is 452. The largest absolute Gasteiger partial charge is 0.367 e. The number of fused-ring (bicyclic) bond motifs is 1. The van der Waals surface area contributed by atoms with Crippen LogP contribution in [0.15, 0.2) is 6.33 Å². The van der Waals surface area contributed by atoms with E-state index in [2.05, 4.69) is 22.2 Å². The first kappa shape index (κ1) is 14.8. The number of aromatic nitrogens is 2. The minimum Gasteiger partial charge on any atom is -0.367 e. The summed E-state index contributed by atoms with van der Waals surface area (Å²) in [7, 11) is 0. The summed E-state index contributed by atoms with van der Waals surface area (Å²) < 4.78 is 0. The van der Waals surface area contributed by atoms with E-state index in [0.717, 1.165) is 24.6 Å². The highest BCUT2D eigenvalue weighted by Gasteiger charge is 2.24. The summed E-state index contributed by atoms with van der Waals surface area (Å²) in [6.45, 7) is 2.31. The molecule has 1 fully saturated rings. The number of hydrogen-bond acceptors (Lipinski definition) is 3. The summed E-state index contributed by atoms with van der Waals surface area (Å²) in [6, 6.07) is 0.590. The van der Waals surface area contributed by atoms with E-state index in [0.29, 0.717) is 6.04 Å². The Balaban J connectivity index is 1.76. The third kappa shape index (κ3) is 3.56. The van der Waals surface area contributed by atoms with Crippen LogP contribution in [-0.4, -0.2) is 16.0 Å². The maximum atomic E-state index is 4.59. The Morgan fingerprint density at radius 3 is 2.62 bits per heavy atom. The molecule has 1 N–H and O–H groups in total. The van der Waals surface area contributed by atoms with Gasteiger partial charge in [0.1, 0.15) is 12.1 Å². The van der Waals surface area contributed by atoms with Crippen LogP contribution < -0.4 is 5.32 Å². The van der Waals surface area contributed by atoms with Crippen molar-refractivity contribution in [1.29, 1.82) is 0 Å². The van der Waals surface area contributed by atoms with Crippen molar-refractivity contribution in [2.24, 2.45) is 5.92 Å². The van der Waals surface area contributed by atoms with E-state index in [-0.39, 0.29) is 0 Å². The number of rotatable bonds is 4. The van der Waals surface area contributed by atoms with Crippen LogP contribution in [0.2, 0.25) is 0 Å². The molecule has 1 aromatic heterocycles. The topological polar surface area (TPSA) is 37.8 Å².